The molecule has 1 aromatic heterocycles. The van der Waals surface area contributed by atoms with E-state index in [4.69, 9.17) is 10.8 Å². The monoisotopic (exact) mass is 216 g/mol. The fourth-order valence-corrected chi connectivity index (χ4v) is 1.20. The van der Waals surface area contributed by atoms with E-state index < -0.39 is 18.0 Å². The van der Waals surface area contributed by atoms with Crippen molar-refractivity contribution in [3.63, 3.8) is 0 Å². The number of hydrogen-bond donors (Lipinski definition) is 2. The molecule has 0 bridgehead atoms. The molecule has 0 fully saturated rings. The van der Waals surface area contributed by atoms with Crippen LogP contribution in [0.1, 0.15) is 23.2 Å². The van der Waals surface area contributed by atoms with Crippen LogP contribution < -0.4 is 5.73 Å². The van der Waals surface area contributed by atoms with Crippen molar-refractivity contribution in [2.75, 3.05) is 5.73 Å². The van der Waals surface area contributed by atoms with Gasteiger partial charge in [-0.2, -0.15) is 0 Å². The number of carbonyl (C=O) groups is 1. The Morgan fingerprint density at radius 3 is 2.73 bits per heavy atom. The first kappa shape index (κ1) is 11.4. The first-order valence-corrected chi connectivity index (χ1v) is 4.17. The van der Waals surface area contributed by atoms with Gasteiger partial charge in [-0.15, -0.1) is 0 Å². The molecule has 0 aliphatic carbocycles. The summed E-state index contributed by atoms with van der Waals surface area (Å²) in [5, 5.41) is 8.54. The second-order valence-electron chi connectivity index (χ2n) is 3.08. The van der Waals surface area contributed by atoms with Crippen LogP contribution in [0.2, 0.25) is 0 Å². The number of nitrogens with zero attached hydrogens (tertiary/aromatic N) is 1. The van der Waals surface area contributed by atoms with E-state index in [1.165, 1.54) is 6.92 Å². The molecule has 1 rings (SSSR count). The minimum atomic E-state index is -2.74. The van der Waals surface area contributed by atoms with Crippen LogP contribution in [-0.4, -0.2) is 16.1 Å². The number of aromatic nitrogens is 1. The molecule has 1 aromatic rings. The molecule has 6 heteroatoms. The lowest BCUT2D eigenvalue weighted by molar-refractivity contribution is -0.136. The summed E-state index contributed by atoms with van der Waals surface area (Å²) >= 11 is 0. The van der Waals surface area contributed by atoms with Crippen molar-refractivity contribution >= 4 is 11.8 Å². The molecular weight excluding hydrogens is 206 g/mol. The largest absolute Gasteiger partial charge is 0.481 e. The number of anilines is 1. The summed E-state index contributed by atoms with van der Waals surface area (Å²) in [5.74, 6) is -1.35. The van der Waals surface area contributed by atoms with Crippen LogP contribution in [0.4, 0.5) is 14.6 Å². The van der Waals surface area contributed by atoms with Gasteiger partial charge < -0.3 is 10.8 Å². The van der Waals surface area contributed by atoms with Gasteiger partial charge in [0, 0.05) is 5.69 Å². The second kappa shape index (κ2) is 4.20. The number of pyridine rings is 1. The second-order valence-corrected chi connectivity index (χ2v) is 3.08. The zero-order chi connectivity index (χ0) is 11.6. The first-order chi connectivity index (χ1) is 6.91. The molecule has 82 valence electrons. The summed E-state index contributed by atoms with van der Waals surface area (Å²) in [6.45, 7) is 1.53. The fourth-order valence-electron chi connectivity index (χ4n) is 1.20. The minimum Gasteiger partial charge on any atom is -0.481 e. The average molecular weight is 216 g/mol. The molecule has 3 N–H and O–H groups in total. The molecule has 0 saturated heterocycles. The van der Waals surface area contributed by atoms with Crippen molar-refractivity contribution in [1.29, 1.82) is 0 Å². The van der Waals surface area contributed by atoms with Gasteiger partial charge in [-0.3, -0.25) is 4.79 Å². The molecule has 0 unspecified atom stereocenters. The zero-order valence-electron chi connectivity index (χ0n) is 8.00. The van der Waals surface area contributed by atoms with Gasteiger partial charge >= 0.3 is 5.97 Å². The molecule has 1 heterocycles. The maximum absolute atomic E-state index is 12.4. The van der Waals surface area contributed by atoms with Crippen molar-refractivity contribution in [1.82, 2.24) is 4.98 Å². The Bertz CT molecular complexity index is 394. The number of rotatable bonds is 3. The summed E-state index contributed by atoms with van der Waals surface area (Å²) in [6, 6.07) is 1.09. The van der Waals surface area contributed by atoms with Gasteiger partial charge in [0.15, 0.2) is 0 Å². The molecule has 0 radical (unpaired) electrons. The number of nitrogen functional groups attached to an aromatic ring is 1. The first-order valence-electron chi connectivity index (χ1n) is 4.17. The summed E-state index contributed by atoms with van der Waals surface area (Å²) in [5.41, 5.74) is 5.48. The third-order valence-corrected chi connectivity index (χ3v) is 1.96. The Balaban J connectivity index is 3.17. The molecule has 0 amide bonds. The summed E-state index contributed by atoms with van der Waals surface area (Å²) < 4.78 is 24.8. The fraction of sp³-hybridized carbons (Fsp3) is 0.333. The summed E-state index contributed by atoms with van der Waals surface area (Å²) in [7, 11) is 0. The Kier molecular flexibility index (Phi) is 3.18. The van der Waals surface area contributed by atoms with Crippen molar-refractivity contribution in [3.05, 3.63) is 22.9 Å². The number of carboxylic acids is 1. The van der Waals surface area contributed by atoms with E-state index in [1.54, 1.807) is 0 Å². The molecule has 0 atom stereocenters. The summed E-state index contributed by atoms with van der Waals surface area (Å²) in [4.78, 5) is 14.1. The van der Waals surface area contributed by atoms with Gasteiger partial charge in [-0.25, -0.2) is 13.8 Å². The van der Waals surface area contributed by atoms with Gasteiger partial charge in [0.1, 0.15) is 5.82 Å². The lowest BCUT2D eigenvalue weighted by Gasteiger charge is -2.08. The van der Waals surface area contributed by atoms with Crippen LogP contribution in [0.25, 0.3) is 0 Å². The van der Waals surface area contributed by atoms with Crippen LogP contribution in [-0.2, 0) is 11.2 Å². The van der Waals surface area contributed by atoms with E-state index in [9.17, 15) is 13.6 Å². The number of nitrogens with two attached hydrogens (primary N) is 1. The predicted octanol–water partition coefficient (Wildman–Crippen LogP) is 1.54. The number of alkyl halides is 2. The van der Waals surface area contributed by atoms with Gasteiger partial charge in [0.05, 0.1) is 12.0 Å². The maximum Gasteiger partial charge on any atom is 0.307 e. The molecule has 4 nitrogen and oxygen atoms in total. The lowest BCUT2D eigenvalue weighted by Crippen LogP contribution is -2.07. The topological polar surface area (TPSA) is 76.2 Å². The maximum atomic E-state index is 12.4. The SMILES string of the molecule is Cc1nc(N)c(C(F)F)cc1CC(=O)O. The van der Waals surface area contributed by atoms with Crippen LogP contribution in [0, 0.1) is 6.92 Å². The van der Waals surface area contributed by atoms with Crippen LogP contribution in [0.15, 0.2) is 6.07 Å². The highest BCUT2D eigenvalue weighted by Gasteiger charge is 2.16. The van der Waals surface area contributed by atoms with Gasteiger partial charge in [-0.05, 0) is 18.6 Å². The van der Waals surface area contributed by atoms with Gasteiger partial charge in [0.2, 0.25) is 0 Å². The Labute approximate surface area is 84.7 Å². The van der Waals surface area contributed by atoms with E-state index >= 15 is 0 Å². The number of carboxylic acid groups (broad SMARTS) is 1. The van der Waals surface area contributed by atoms with Crippen LogP contribution in [0.5, 0.6) is 0 Å². The Hall–Kier alpha value is -1.72. The van der Waals surface area contributed by atoms with E-state index in [2.05, 4.69) is 4.98 Å². The number of hydrogen-bond acceptors (Lipinski definition) is 3. The Morgan fingerprint density at radius 2 is 2.27 bits per heavy atom. The molecule has 0 saturated carbocycles. The van der Waals surface area contributed by atoms with E-state index in [-0.39, 0.29) is 17.8 Å². The van der Waals surface area contributed by atoms with Gasteiger partial charge in [0.25, 0.3) is 6.43 Å². The van der Waals surface area contributed by atoms with Crippen LogP contribution >= 0.6 is 0 Å². The lowest BCUT2D eigenvalue weighted by atomic mass is 10.1. The van der Waals surface area contributed by atoms with Crippen molar-refractivity contribution in [2.45, 2.75) is 19.8 Å². The molecule has 0 spiro atoms. The minimum absolute atomic E-state index is 0.253. The average Bonchev–Trinajstić information content (AvgIpc) is 2.08. The van der Waals surface area contributed by atoms with Crippen molar-refractivity contribution < 1.29 is 18.7 Å². The number of halogens is 2. The molecule has 0 aliphatic rings. The standard InChI is InChI=1S/C9H10F2N2O2/c1-4-5(3-7(14)15)2-6(8(10)11)9(12)13-4/h2,8H,3H2,1H3,(H2,12,13)(H,14,15). The molecule has 0 aromatic carbocycles. The quantitative estimate of drug-likeness (QED) is 0.803. The predicted molar refractivity (Wildman–Crippen MR) is 49.7 cm³/mol. The number of aryl methyl sites for hydroxylation is 1. The van der Waals surface area contributed by atoms with Crippen molar-refractivity contribution in [3.8, 4) is 0 Å². The third-order valence-electron chi connectivity index (χ3n) is 1.96. The third kappa shape index (κ3) is 2.61. The molecule has 15 heavy (non-hydrogen) atoms. The molecular formula is C9H10F2N2O2. The highest BCUT2D eigenvalue weighted by Crippen LogP contribution is 2.25. The van der Waals surface area contributed by atoms with E-state index in [0.29, 0.717) is 5.69 Å². The molecule has 0 aliphatic heterocycles. The summed E-state index contributed by atoms with van der Waals surface area (Å²) in [6.07, 6.45) is -3.08. The van der Waals surface area contributed by atoms with Gasteiger partial charge in [-0.1, -0.05) is 0 Å². The zero-order valence-corrected chi connectivity index (χ0v) is 8.00. The number of aliphatic carboxylic acids is 1. The van der Waals surface area contributed by atoms with E-state index in [1.807, 2.05) is 0 Å². The van der Waals surface area contributed by atoms with Crippen LogP contribution in [0.3, 0.4) is 0 Å². The van der Waals surface area contributed by atoms with Crippen molar-refractivity contribution in [2.24, 2.45) is 0 Å². The normalized spacial score (nSPS) is 10.7. The smallest absolute Gasteiger partial charge is 0.307 e. The highest BCUT2D eigenvalue weighted by atomic mass is 19.3. The Morgan fingerprint density at radius 1 is 1.67 bits per heavy atom. The van der Waals surface area contributed by atoms with E-state index in [0.717, 1.165) is 6.07 Å². The highest BCUT2D eigenvalue weighted by molar-refractivity contribution is 5.71.